The molecule has 2 N–H and O–H groups in total. The van der Waals surface area contributed by atoms with Gasteiger partial charge in [-0.25, -0.2) is 4.68 Å². The maximum atomic E-state index is 6.01. The SMILES string of the molecule is Cc1cc(N)n(C2CCc3cc(Br)ccc3C2)n1. The Morgan fingerprint density at radius 1 is 1.33 bits per heavy atom. The summed E-state index contributed by atoms with van der Waals surface area (Å²) in [6.45, 7) is 1.99. The topological polar surface area (TPSA) is 43.8 Å². The van der Waals surface area contributed by atoms with Crippen LogP contribution in [-0.4, -0.2) is 9.78 Å². The standard InChI is InChI=1S/C14H16BrN3/c1-9-6-14(16)18(17-9)13-5-3-10-7-12(15)4-2-11(10)8-13/h2,4,6-7,13H,3,5,8,16H2,1H3. The number of fused-ring (bicyclic) bond motifs is 1. The van der Waals surface area contributed by atoms with Gasteiger partial charge in [-0.1, -0.05) is 22.0 Å². The lowest BCUT2D eigenvalue weighted by Gasteiger charge is -2.25. The van der Waals surface area contributed by atoms with E-state index in [-0.39, 0.29) is 0 Å². The fourth-order valence-corrected chi connectivity index (χ4v) is 3.15. The van der Waals surface area contributed by atoms with Gasteiger partial charge >= 0.3 is 0 Å². The number of aryl methyl sites for hydroxylation is 2. The van der Waals surface area contributed by atoms with Gasteiger partial charge in [0.2, 0.25) is 0 Å². The molecule has 1 atom stereocenters. The number of benzene rings is 1. The van der Waals surface area contributed by atoms with Gasteiger partial charge in [-0.3, -0.25) is 0 Å². The molecule has 0 fully saturated rings. The van der Waals surface area contributed by atoms with Crippen LogP contribution in [0.5, 0.6) is 0 Å². The lowest BCUT2D eigenvalue weighted by molar-refractivity contribution is 0.409. The molecule has 0 radical (unpaired) electrons. The van der Waals surface area contributed by atoms with E-state index in [0.717, 1.165) is 35.2 Å². The molecule has 1 aromatic carbocycles. The van der Waals surface area contributed by atoms with Gasteiger partial charge in [0.15, 0.2) is 0 Å². The minimum atomic E-state index is 0.396. The molecule has 94 valence electrons. The van der Waals surface area contributed by atoms with Gasteiger partial charge in [0.25, 0.3) is 0 Å². The van der Waals surface area contributed by atoms with Gasteiger partial charge in [0, 0.05) is 10.5 Å². The maximum absolute atomic E-state index is 6.01. The highest BCUT2D eigenvalue weighted by Gasteiger charge is 2.22. The van der Waals surface area contributed by atoms with Crippen molar-refractivity contribution in [2.75, 3.05) is 5.73 Å². The van der Waals surface area contributed by atoms with Crippen LogP contribution in [0.2, 0.25) is 0 Å². The molecule has 2 aromatic rings. The average Bonchev–Trinajstić information content (AvgIpc) is 2.68. The highest BCUT2D eigenvalue weighted by atomic mass is 79.9. The van der Waals surface area contributed by atoms with Crippen LogP contribution in [0.15, 0.2) is 28.7 Å². The van der Waals surface area contributed by atoms with E-state index in [4.69, 9.17) is 5.73 Å². The third-order valence-corrected chi connectivity index (χ3v) is 4.10. The average molecular weight is 306 g/mol. The van der Waals surface area contributed by atoms with Crippen molar-refractivity contribution < 1.29 is 0 Å². The Labute approximate surface area is 115 Å². The zero-order valence-corrected chi connectivity index (χ0v) is 11.9. The Kier molecular flexibility index (Phi) is 2.90. The fourth-order valence-electron chi connectivity index (χ4n) is 2.74. The molecule has 1 aliphatic carbocycles. The minimum Gasteiger partial charge on any atom is -0.384 e. The number of nitrogen functional groups attached to an aromatic ring is 1. The van der Waals surface area contributed by atoms with Crippen molar-refractivity contribution in [2.24, 2.45) is 0 Å². The Bertz CT molecular complexity index is 589. The van der Waals surface area contributed by atoms with Crippen molar-refractivity contribution in [2.45, 2.75) is 32.2 Å². The molecule has 0 saturated carbocycles. The number of nitrogens with zero attached hydrogens (tertiary/aromatic N) is 2. The number of anilines is 1. The van der Waals surface area contributed by atoms with E-state index in [1.165, 1.54) is 11.1 Å². The molecular formula is C14H16BrN3. The summed E-state index contributed by atoms with van der Waals surface area (Å²) in [4.78, 5) is 0. The summed E-state index contributed by atoms with van der Waals surface area (Å²) >= 11 is 3.53. The van der Waals surface area contributed by atoms with Crippen LogP contribution in [0.25, 0.3) is 0 Å². The third-order valence-electron chi connectivity index (χ3n) is 3.60. The highest BCUT2D eigenvalue weighted by Crippen LogP contribution is 2.31. The Hall–Kier alpha value is -1.29. The lowest BCUT2D eigenvalue weighted by Crippen LogP contribution is -2.21. The fraction of sp³-hybridized carbons (Fsp3) is 0.357. The summed E-state index contributed by atoms with van der Waals surface area (Å²) in [6, 6.07) is 8.88. The van der Waals surface area contributed by atoms with Crippen LogP contribution in [0, 0.1) is 6.92 Å². The molecule has 18 heavy (non-hydrogen) atoms. The van der Waals surface area contributed by atoms with Gasteiger partial charge in [-0.05, 0) is 49.4 Å². The molecule has 0 bridgehead atoms. The highest BCUT2D eigenvalue weighted by molar-refractivity contribution is 9.10. The zero-order valence-electron chi connectivity index (χ0n) is 10.4. The first-order valence-electron chi connectivity index (χ1n) is 6.22. The first-order valence-corrected chi connectivity index (χ1v) is 7.02. The summed E-state index contributed by atoms with van der Waals surface area (Å²) < 4.78 is 3.15. The normalized spacial score (nSPS) is 18.7. The molecule has 1 unspecified atom stereocenters. The van der Waals surface area contributed by atoms with E-state index < -0.39 is 0 Å². The van der Waals surface area contributed by atoms with Gasteiger partial charge in [-0.15, -0.1) is 0 Å². The minimum absolute atomic E-state index is 0.396. The zero-order chi connectivity index (χ0) is 12.7. The molecule has 1 aliphatic rings. The number of rotatable bonds is 1. The predicted octanol–water partition coefficient (Wildman–Crippen LogP) is 3.27. The number of hydrogen-bond donors (Lipinski definition) is 1. The van der Waals surface area contributed by atoms with Crippen LogP contribution in [0.3, 0.4) is 0 Å². The summed E-state index contributed by atoms with van der Waals surface area (Å²) in [5.74, 6) is 0.776. The molecule has 1 aromatic heterocycles. The summed E-state index contributed by atoms with van der Waals surface area (Å²) in [7, 11) is 0. The third kappa shape index (κ3) is 2.05. The summed E-state index contributed by atoms with van der Waals surface area (Å²) in [6.07, 6.45) is 3.22. The van der Waals surface area contributed by atoms with Crippen LogP contribution in [0.1, 0.15) is 29.3 Å². The van der Waals surface area contributed by atoms with E-state index in [9.17, 15) is 0 Å². The molecule has 0 spiro atoms. The van der Waals surface area contributed by atoms with E-state index in [1.54, 1.807) is 0 Å². The number of hydrogen-bond acceptors (Lipinski definition) is 2. The Morgan fingerprint density at radius 2 is 2.17 bits per heavy atom. The summed E-state index contributed by atoms with van der Waals surface area (Å²) in [5, 5.41) is 4.51. The second kappa shape index (κ2) is 4.43. The molecular weight excluding hydrogens is 290 g/mol. The Balaban J connectivity index is 1.91. The first-order chi connectivity index (χ1) is 8.63. The molecule has 4 heteroatoms. The van der Waals surface area contributed by atoms with Gasteiger partial charge in [0.1, 0.15) is 5.82 Å². The van der Waals surface area contributed by atoms with Gasteiger partial charge in [0.05, 0.1) is 11.7 Å². The van der Waals surface area contributed by atoms with Crippen LogP contribution >= 0.6 is 15.9 Å². The monoisotopic (exact) mass is 305 g/mol. The molecule has 3 nitrogen and oxygen atoms in total. The summed E-state index contributed by atoms with van der Waals surface area (Å²) in [5.41, 5.74) is 9.87. The largest absolute Gasteiger partial charge is 0.384 e. The quantitative estimate of drug-likeness (QED) is 0.879. The van der Waals surface area contributed by atoms with E-state index in [1.807, 2.05) is 17.7 Å². The van der Waals surface area contributed by atoms with E-state index in [2.05, 4.69) is 39.2 Å². The predicted molar refractivity (Wildman–Crippen MR) is 76.6 cm³/mol. The number of aromatic nitrogens is 2. The molecule has 0 saturated heterocycles. The van der Waals surface area contributed by atoms with Crippen molar-refractivity contribution in [3.8, 4) is 0 Å². The molecule has 0 aliphatic heterocycles. The second-order valence-electron chi connectivity index (χ2n) is 4.96. The van der Waals surface area contributed by atoms with Crippen molar-refractivity contribution in [3.05, 3.63) is 45.6 Å². The van der Waals surface area contributed by atoms with E-state index in [0.29, 0.717) is 6.04 Å². The van der Waals surface area contributed by atoms with Crippen molar-refractivity contribution in [1.82, 2.24) is 9.78 Å². The second-order valence-corrected chi connectivity index (χ2v) is 5.88. The van der Waals surface area contributed by atoms with Crippen molar-refractivity contribution >= 4 is 21.7 Å². The molecule has 3 rings (SSSR count). The first kappa shape index (κ1) is 11.8. The number of halogens is 1. The van der Waals surface area contributed by atoms with Crippen LogP contribution in [-0.2, 0) is 12.8 Å². The van der Waals surface area contributed by atoms with Crippen molar-refractivity contribution in [1.29, 1.82) is 0 Å². The van der Waals surface area contributed by atoms with Gasteiger partial charge < -0.3 is 5.73 Å². The van der Waals surface area contributed by atoms with E-state index >= 15 is 0 Å². The van der Waals surface area contributed by atoms with Gasteiger partial charge in [-0.2, -0.15) is 5.10 Å². The smallest absolute Gasteiger partial charge is 0.122 e. The van der Waals surface area contributed by atoms with Crippen molar-refractivity contribution in [3.63, 3.8) is 0 Å². The van der Waals surface area contributed by atoms with Crippen LogP contribution in [0.4, 0.5) is 5.82 Å². The Morgan fingerprint density at radius 3 is 2.89 bits per heavy atom. The maximum Gasteiger partial charge on any atom is 0.122 e. The number of nitrogens with two attached hydrogens (primary N) is 1. The van der Waals surface area contributed by atoms with Crippen LogP contribution < -0.4 is 5.73 Å². The molecule has 1 heterocycles. The lowest BCUT2D eigenvalue weighted by atomic mass is 9.88. The molecule has 0 amide bonds.